The molecule has 2 saturated heterocycles. The summed E-state index contributed by atoms with van der Waals surface area (Å²) in [6.07, 6.45) is 2.47. The van der Waals surface area contributed by atoms with Crippen LogP contribution in [0.5, 0.6) is 0 Å². The first-order valence-corrected chi connectivity index (χ1v) is 11.9. The number of hydrogen-bond acceptors (Lipinski definition) is 8. The average Bonchev–Trinajstić information content (AvgIpc) is 3.41. The zero-order valence-electron chi connectivity index (χ0n) is 19.5. The predicted octanol–water partition coefficient (Wildman–Crippen LogP) is 0.766. The fraction of sp³-hybridized carbons (Fsp3) is 0.480. The van der Waals surface area contributed by atoms with Crippen LogP contribution in [0, 0.1) is 17.2 Å². The molecule has 0 radical (unpaired) electrons. The van der Waals surface area contributed by atoms with Crippen molar-refractivity contribution in [1.82, 2.24) is 20.2 Å². The Labute approximate surface area is 204 Å². The van der Waals surface area contributed by atoms with E-state index >= 15 is 0 Å². The molecule has 0 unspecified atom stereocenters. The summed E-state index contributed by atoms with van der Waals surface area (Å²) >= 11 is 0. The molecule has 1 aromatic heterocycles. The number of likely N-dealkylation sites (tertiary alicyclic amines) is 1. The van der Waals surface area contributed by atoms with Crippen LogP contribution in [0.25, 0.3) is 0 Å². The lowest BCUT2D eigenvalue weighted by molar-refractivity contribution is -0.154. The summed E-state index contributed by atoms with van der Waals surface area (Å²) in [5.41, 5.74) is 1.55. The van der Waals surface area contributed by atoms with Gasteiger partial charge in [-0.15, -0.1) is 0 Å². The summed E-state index contributed by atoms with van der Waals surface area (Å²) in [6, 6.07) is 11.0. The highest BCUT2D eigenvalue weighted by atomic mass is 16.3. The van der Waals surface area contributed by atoms with Gasteiger partial charge in [0.15, 0.2) is 18.0 Å². The van der Waals surface area contributed by atoms with Gasteiger partial charge in [0, 0.05) is 38.6 Å². The first-order valence-electron chi connectivity index (χ1n) is 11.9. The maximum atomic E-state index is 12.9. The first kappa shape index (κ1) is 24.6. The molecule has 2 amide bonds. The van der Waals surface area contributed by atoms with Gasteiger partial charge in [0.25, 0.3) is 11.8 Å². The summed E-state index contributed by atoms with van der Waals surface area (Å²) in [5.74, 6) is -0.794. The van der Waals surface area contributed by atoms with Crippen molar-refractivity contribution in [2.24, 2.45) is 5.92 Å². The van der Waals surface area contributed by atoms with E-state index in [2.05, 4.69) is 26.3 Å². The fourth-order valence-corrected chi connectivity index (χ4v) is 4.80. The van der Waals surface area contributed by atoms with Gasteiger partial charge in [-0.2, -0.15) is 5.26 Å². The van der Waals surface area contributed by atoms with Crippen molar-refractivity contribution in [3.8, 4) is 6.07 Å². The molecular weight excluding hydrogens is 448 g/mol. The van der Waals surface area contributed by atoms with Crippen LogP contribution < -0.4 is 10.2 Å². The lowest BCUT2D eigenvalue weighted by Gasteiger charge is -2.34. The van der Waals surface area contributed by atoms with Crippen molar-refractivity contribution in [3.63, 3.8) is 0 Å². The van der Waals surface area contributed by atoms with Gasteiger partial charge in [-0.3, -0.25) is 9.59 Å². The molecule has 3 heterocycles. The highest BCUT2D eigenvalue weighted by Gasteiger charge is 2.39. The second kappa shape index (κ2) is 11.3. The number of piperidine rings is 1. The minimum Gasteiger partial charge on any atom is -0.380 e. The van der Waals surface area contributed by atoms with E-state index < -0.39 is 24.0 Å². The smallest absolute Gasteiger partial charge is 0.255 e. The van der Waals surface area contributed by atoms with Crippen LogP contribution in [0.4, 0.5) is 5.69 Å². The molecule has 1 aromatic carbocycles. The zero-order valence-corrected chi connectivity index (χ0v) is 19.5. The quantitative estimate of drug-likeness (QED) is 0.530. The normalized spacial score (nSPS) is 20.2. The first-order chi connectivity index (χ1) is 17.0. The molecule has 2 aliphatic heterocycles. The Balaban J connectivity index is 1.26. The number of aliphatic hydroxyl groups is 2. The monoisotopic (exact) mass is 478 g/mol. The average molecular weight is 479 g/mol. The molecule has 0 bridgehead atoms. The molecule has 2 aromatic rings. The Morgan fingerprint density at radius 3 is 2.49 bits per heavy atom. The number of anilines is 1. The Morgan fingerprint density at radius 2 is 1.77 bits per heavy atom. The van der Waals surface area contributed by atoms with E-state index in [1.165, 1.54) is 4.90 Å². The minimum atomic E-state index is -1.86. The van der Waals surface area contributed by atoms with E-state index in [1.807, 2.05) is 18.2 Å². The van der Waals surface area contributed by atoms with E-state index in [9.17, 15) is 25.1 Å². The maximum absolute atomic E-state index is 12.9. The third-order valence-corrected chi connectivity index (χ3v) is 6.79. The minimum absolute atomic E-state index is 0.197. The van der Waals surface area contributed by atoms with Gasteiger partial charge < -0.3 is 25.3 Å². The number of nitrogens with zero attached hydrogens (tertiary/aromatic N) is 5. The van der Waals surface area contributed by atoms with Crippen molar-refractivity contribution in [2.75, 3.05) is 31.1 Å². The summed E-state index contributed by atoms with van der Waals surface area (Å²) in [6.45, 7) is 2.25. The molecule has 3 N–H and O–H groups in total. The molecule has 4 rings (SSSR count). The molecule has 2 fully saturated rings. The number of nitrogens with one attached hydrogen (secondary N) is 1. The summed E-state index contributed by atoms with van der Waals surface area (Å²) in [4.78, 5) is 37.4. The largest absolute Gasteiger partial charge is 0.380 e. The van der Waals surface area contributed by atoms with Crippen LogP contribution in [0.15, 0.2) is 42.7 Å². The van der Waals surface area contributed by atoms with Crippen LogP contribution >= 0.6 is 0 Å². The number of benzene rings is 1. The van der Waals surface area contributed by atoms with Crippen molar-refractivity contribution < 1.29 is 19.8 Å². The molecule has 2 aliphatic rings. The van der Waals surface area contributed by atoms with Crippen molar-refractivity contribution in [2.45, 2.75) is 43.9 Å². The van der Waals surface area contributed by atoms with Crippen LogP contribution in [0.3, 0.4) is 0 Å². The summed E-state index contributed by atoms with van der Waals surface area (Å²) in [7, 11) is 0. The number of carbonyl (C=O) groups is 2. The highest BCUT2D eigenvalue weighted by molar-refractivity contribution is 5.91. The van der Waals surface area contributed by atoms with Gasteiger partial charge >= 0.3 is 0 Å². The lowest BCUT2D eigenvalue weighted by Crippen LogP contribution is -2.51. The number of hydrogen-bond donors (Lipinski definition) is 3. The van der Waals surface area contributed by atoms with Gasteiger partial charge in [0.1, 0.15) is 6.07 Å². The number of aliphatic hydroxyl groups excluding tert-OH is 2. The van der Waals surface area contributed by atoms with Crippen LogP contribution in [-0.4, -0.2) is 75.3 Å². The Bertz CT molecular complexity index is 1070. The number of rotatable bonds is 7. The van der Waals surface area contributed by atoms with E-state index in [0.717, 1.165) is 38.0 Å². The molecule has 35 heavy (non-hydrogen) atoms. The number of aromatic nitrogens is 2. The predicted molar refractivity (Wildman–Crippen MR) is 127 cm³/mol. The molecular formula is C25H30N6O4. The third kappa shape index (κ3) is 5.58. The Hall–Kier alpha value is -3.55. The maximum Gasteiger partial charge on any atom is 0.255 e. The molecule has 10 nitrogen and oxygen atoms in total. The molecule has 0 saturated carbocycles. The van der Waals surface area contributed by atoms with Crippen molar-refractivity contribution >= 4 is 17.5 Å². The standard InChI is InChI=1S/C25H30N6O4/c26-15-18-5-1-2-6-19(18)30-13-8-17(9-14-30)16-29-24(34)21(32)22(33)25(35)31-12-3-7-20(31)23-27-10-4-11-28-23/h1-2,4-6,10-11,17,20-22,32-33H,3,7-9,12-14,16H2,(H,29,34)/t20-,21-,22-/m1/s1. The fourth-order valence-electron chi connectivity index (χ4n) is 4.80. The number of carbonyl (C=O) groups excluding carboxylic acids is 2. The lowest BCUT2D eigenvalue weighted by atomic mass is 9.95. The van der Waals surface area contributed by atoms with Crippen LogP contribution in [0.2, 0.25) is 0 Å². The van der Waals surface area contributed by atoms with Gasteiger partial charge in [-0.05, 0) is 49.8 Å². The Kier molecular flexibility index (Phi) is 7.90. The van der Waals surface area contributed by atoms with Crippen molar-refractivity contribution in [3.05, 3.63) is 54.1 Å². The van der Waals surface area contributed by atoms with E-state index in [1.54, 1.807) is 24.5 Å². The van der Waals surface area contributed by atoms with Crippen LogP contribution in [-0.2, 0) is 9.59 Å². The Morgan fingerprint density at radius 1 is 1.06 bits per heavy atom. The van der Waals surface area contributed by atoms with Gasteiger partial charge in [-0.1, -0.05) is 12.1 Å². The van der Waals surface area contributed by atoms with Crippen LogP contribution in [0.1, 0.15) is 43.1 Å². The van der Waals surface area contributed by atoms with Gasteiger partial charge in [0.05, 0.1) is 17.3 Å². The molecule has 0 spiro atoms. The second-order valence-electron chi connectivity index (χ2n) is 8.99. The summed E-state index contributed by atoms with van der Waals surface area (Å²) < 4.78 is 0. The zero-order chi connectivity index (χ0) is 24.8. The van der Waals surface area contributed by atoms with Gasteiger partial charge in [-0.25, -0.2) is 9.97 Å². The number of para-hydroxylation sites is 1. The molecule has 0 aliphatic carbocycles. The highest BCUT2D eigenvalue weighted by Crippen LogP contribution is 2.30. The molecule has 10 heteroatoms. The second-order valence-corrected chi connectivity index (χ2v) is 8.99. The van der Waals surface area contributed by atoms with E-state index in [4.69, 9.17) is 0 Å². The summed E-state index contributed by atoms with van der Waals surface area (Å²) in [5, 5.41) is 32.8. The number of nitriles is 1. The molecule has 184 valence electrons. The van der Waals surface area contributed by atoms with Gasteiger partial charge in [0.2, 0.25) is 0 Å². The third-order valence-electron chi connectivity index (χ3n) is 6.79. The van der Waals surface area contributed by atoms with E-state index in [0.29, 0.717) is 30.9 Å². The van der Waals surface area contributed by atoms with E-state index in [-0.39, 0.29) is 12.0 Å². The molecule has 3 atom stereocenters. The SMILES string of the molecule is N#Cc1ccccc1N1CCC(CNC(=O)[C@H](O)[C@@H](O)C(=O)N2CCC[C@@H]2c2ncccn2)CC1. The topological polar surface area (TPSA) is 143 Å². The number of amides is 2. The van der Waals surface area contributed by atoms with Crippen molar-refractivity contribution in [1.29, 1.82) is 5.26 Å².